The smallest absolute Gasteiger partial charge is 0.217 e. The fraction of sp³-hybridized carbons (Fsp3) is 0.263. The third-order valence-corrected chi connectivity index (χ3v) is 4.54. The summed E-state index contributed by atoms with van der Waals surface area (Å²) in [6.07, 6.45) is 7.48. The quantitative estimate of drug-likeness (QED) is 0.776. The van der Waals surface area contributed by atoms with Crippen LogP contribution in [0, 0.1) is 0 Å². The van der Waals surface area contributed by atoms with E-state index in [9.17, 15) is 4.79 Å². The van der Waals surface area contributed by atoms with E-state index in [2.05, 4.69) is 28.2 Å². The maximum absolute atomic E-state index is 11.2. The van der Waals surface area contributed by atoms with E-state index in [4.69, 9.17) is 10.8 Å². The minimum atomic E-state index is -0.337. The monoisotopic (exact) mass is 333 g/mol. The molecule has 0 aliphatic heterocycles. The molecule has 3 aromatic rings. The van der Waals surface area contributed by atoms with E-state index in [1.165, 1.54) is 11.1 Å². The Kier molecular flexibility index (Phi) is 4.01. The molecule has 1 aliphatic carbocycles. The Morgan fingerprint density at radius 2 is 2.12 bits per heavy atom. The first kappa shape index (κ1) is 15.5. The number of nitrogens with two attached hydrogens (primary N) is 1. The summed E-state index contributed by atoms with van der Waals surface area (Å²) in [7, 11) is 0. The molecule has 0 spiro atoms. The summed E-state index contributed by atoms with van der Waals surface area (Å²) in [5.74, 6) is 1.02. The van der Waals surface area contributed by atoms with Gasteiger partial charge in [-0.3, -0.25) is 9.78 Å². The highest BCUT2D eigenvalue weighted by Gasteiger charge is 2.20. The number of rotatable bonds is 5. The minimum absolute atomic E-state index is 0.250. The standard InChI is InChI=1S/C19H19N5O/c20-17(25)9-10-18-22-19(14-6-3-11-21-12-14)23-24(18)16-8-2-5-13-4-1-7-15(13)16/h2-3,5-6,8,11-12H,1,4,7,9-10H2,(H2,20,25). The third kappa shape index (κ3) is 3.03. The van der Waals surface area contributed by atoms with Gasteiger partial charge in [0.1, 0.15) is 5.82 Å². The second-order valence-electron chi connectivity index (χ2n) is 6.24. The van der Waals surface area contributed by atoms with Crippen LogP contribution in [0.25, 0.3) is 17.1 Å². The number of primary amides is 1. The van der Waals surface area contributed by atoms with Crippen molar-refractivity contribution in [2.24, 2.45) is 5.73 Å². The Morgan fingerprint density at radius 1 is 1.20 bits per heavy atom. The summed E-state index contributed by atoms with van der Waals surface area (Å²) >= 11 is 0. The number of carbonyl (C=O) groups is 1. The molecule has 4 rings (SSSR count). The van der Waals surface area contributed by atoms with Gasteiger partial charge < -0.3 is 5.73 Å². The molecule has 1 aromatic carbocycles. The molecule has 126 valence electrons. The zero-order valence-corrected chi connectivity index (χ0v) is 13.9. The van der Waals surface area contributed by atoms with Crippen LogP contribution in [0.3, 0.4) is 0 Å². The highest BCUT2D eigenvalue weighted by Crippen LogP contribution is 2.29. The number of aryl methyl sites for hydroxylation is 2. The van der Waals surface area contributed by atoms with Gasteiger partial charge in [-0.15, -0.1) is 5.10 Å². The van der Waals surface area contributed by atoms with Crippen LogP contribution in [0.4, 0.5) is 0 Å². The number of benzene rings is 1. The number of carbonyl (C=O) groups excluding carboxylic acids is 1. The van der Waals surface area contributed by atoms with Crippen LogP contribution in [0.15, 0.2) is 42.7 Å². The highest BCUT2D eigenvalue weighted by molar-refractivity contribution is 5.74. The van der Waals surface area contributed by atoms with E-state index >= 15 is 0 Å². The van der Waals surface area contributed by atoms with Crippen molar-refractivity contribution in [2.75, 3.05) is 0 Å². The topological polar surface area (TPSA) is 86.7 Å². The molecule has 0 atom stereocenters. The summed E-state index contributed by atoms with van der Waals surface area (Å²) < 4.78 is 1.87. The van der Waals surface area contributed by atoms with E-state index in [0.29, 0.717) is 12.2 Å². The van der Waals surface area contributed by atoms with Crippen LogP contribution in [-0.2, 0) is 24.1 Å². The second kappa shape index (κ2) is 6.47. The maximum Gasteiger partial charge on any atom is 0.217 e. The molecule has 0 radical (unpaired) electrons. The first-order chi connectivity index (χ1) is 12.2. The maximum atomic E-state index is 11.2. The normalized spacial score (nSPS) is 13.0. The van der Waals surface area contributed by atoms with Crippen molar-refractivity contribution < 1.29 is 4.79 Å². The Balaban J connectivity index is 1.81. The lowest BCUT2D eigenvalue weighted by Gasteiger charge is -2.10. The van der Waals surface area contributed by atoms with Crippen molar-refractivity contribution in [1.29, 1.82) is 0 Å². The van der Waals surface area contributed by atoms with Gasteiger partial charge in [0.15, 0.2) is 5.82 Å². The molecule has 6 heteroatoms. The zero-order chi connectivity index (χ0) is 17.2. The summed E-state index contributed by atoms with van der Waals surface area (Å²) in [5.41, 5.74) is 9.94. The Labute approximate surface area is 145 Å². The molecule has 6 nitrogen and oxygen atoms in total. The van der Waals surface area contributed by atoms with Crippen molar-refractivity contribution in [3.05, 3.63) is 59.7 Å². The van der Waals surface area contributed by atoms with Crippen LogP contribution in [0.2, 0.25) is 0 Å². The van der Waals surface area contributed by atoms with Gasteiger partial charge in [0.2, 0.25) is 5.91 Å². The van der Waals surface area contributed by atoms with E-state index < -0.39 is 0 Å². The van der Waals surface area contributed by atoms with Gasteiger partial charge in [0.25, 0.3) is 0 Å². The average Bonchev–Trinajstić information content (AvgIpc) is 3.27. The minimum Gasteiger partial charge on any atom is -0.370 e. The Bertz CT molecular complexity index is 917. The first-order valence-corrected chi connectivity index (χ1v) is 8.48. The predicted octanol–water partition coefficient (Wildman–Crippen LogP) is 2.24. The van der Waals surface area contributed by atoms with Gasteiger partial charge in [-0.25, -0.2) is 9.67 Å². The number of hydrogen-bond acceptors (Lipinski definition) is 4. The van der Waals surface area contributed by atoms with Gasteiger partial charge in [-0.2, -0.15) is 0 Å². The van der Waals surface area contributed by atoms with Crippen molar-refractivity contribution in [1.82, 2.24) is 19.7 Å². The number of fused-ring (bicyclic) bond motifs is 1. The molecule has 2 aromatic heterocycles. The Morgan fingerprint density at radius 3 is 2.92 bits per heavy atom. The molecule has 0 fully saturated rings. The molecule has 2 N–H and O–H groups in total. The van der Waals surface area contributed by atoms with Crippen LogP contribution in [-0.4, -0.2) is 25.7 Å². The number of pyridine rings is 1. The highest BCUT2D eigenvalue weighted by atomic mass is 16.1. The molecule has 0 saturated carbocycles. The van der Waals surface area contributed by atoms with E-state index in [-0.39, 0.29) is 12.3 Å². The SMILES string of the molecule is NC(=O)CCc1nc(-c2cccnc2)nn1-c1cccc2c1CCC2. The summed E-state index contributed by atoms with van der Waals surface area (Å²) in [5, 5.41) is 4.72. The predicted molar refractivity (Wildman–Crippen MR) is 94.1 cm³/mol. The van der Waals surface area contributed by atoms with E-state index in [1.807, 2.05) is 16.8 Å². The van der Waals surface area contributed by atoms with E-state index in [0.717, 1.165) is 36.3 Å². The van der Waals surface area contributed by atoms with Crippen molar-refractivity contribution in [3.63, 3.8) is 0 Å². The lowest BCUT2D eigenvalue weighted by molar-refractivity contribution is -0.118. The van der Waals surface area contributed by atoms with Crippen LogP contribution >= 0.6 is 0 Å². The number of nitrogens with zero attached hydrogens (tertiary/aromatic N) is 4. The van der Waals surface area contributed by atoms with Crippen molar-refractivity contribution >= 4 is 5.91 Å². The van der Waals surface area contributed by atoms with Crippen LogP contribution < -0.4 is 5.73 Å². The zero-order valence-electron chi connectivity index (χ0n) is 13.9. The fourth-order valence-corrected chi connectivity index (χ4v) is 3.35. The third-order valence-electron chi connectivity index (χ3n) is 4.54. The lowest BCUT2D eigenvalue weighted by Crippen LogP contribution is -2.14. The fourth-order valence-electron chi connectivity index (χ4n) is 3.35. The molecular weight excluding hydrogens is 314 g/mol. The Hall–Kier alpha value is -3.02. The second-order valence-corrected chi connectivity index (χ2v) is 6.24. The molecule has 0 unspecified atom stereocenters. The van der Waals surface area contributed by atoms with Crippen molar-refractivity contribution in [2.45, 2.75) is 32.1 Å². The lowest BCUT2D eigenvalue weighted by atomic mass is 10.1. The van der Waals surface area contributed by atoms with Gasteiger partial charge in [-0.05, 0) is 48.6 Å². The molecule has 1 aliphatic rings. The summed E-state index contributed by atoms with van der Waals surface area (Å²) in [6.45, 7) is 0. The van der Waals surface area contributed by atoms with Gasteiger partial charge >= 0.3 is 0 Å². The molecule has 0 bridgehead atoms. The largest absolute Gasteiger partial charge is 0.370 e. The van der Waals surface area contributed by atoms with Gasteiger partial charge in [-0.1, -0.05) is 12.1 Å². The molecule has 0 saturated heterocycles. The first-order valence-electron chi connectivity index (χ1n) is 8.48. The van der Waals surface area contributed by atoms with Gasteiger partial charge in [0.05, 0.1) is 5.69 Å². The number of aromatic nitrogens is 4. The number of amides is 1. The molecule has 1 amide bonds. The molecular formula is C19H19N5O. The molecule has 25 heavy (non-hydrogen) atoms. The van der Waals surface area contributed by atoms with Crippen molar-refractivity contribution in [3.8, 4) is 17.1 Å². The van der Waals surface area contributed by atoms with E-state index in [1.54, 1.807) is 12.4 Å². The van der Waals surface area contributed by atoms with Crippen LogP contribution in [0.1, 0.15) is 29.8 Å². The molecule has 2 heterocycles. The van der Waals surface area contributed by atoms with Gasteiger partial charge in [0, 0.05) is 30.8 Å². The van der Waals surface area contributed by atoms with Crippen LogP contribution in [0.5, 0.6) is 0 Å². The number of hydrogen-bond donors (Lipinski definition) is 1. The summed E-state index contributed by atoms with van der Waals surface area (Å²) in [6, 6.07) is 10.1. The average molecular weight is 333 g/mol. The summed E-state index contributed by atoms with van der Waals surface area (Å²) in [4.78, 5) is 20.0.